The molecule has 0 aliphatic carbocycles. The number of rotatable bonds is 6. The van der Waals surface area contributed by atoms with Gasteiger partial charge in [0.1, 0.15) is 5.69 Å². The van der Waals surface area contributed by atoms with Crippen LogP contribution in [-0.4, -0.2) is 28.1 Å². The summed E-state index contributed by atoms with van der Waals surface area (Å²) in [5, 5.41) is 11.9. The Morgan fingerprint density at radius 1 is 1.19 bits per heavy atom. The van der Waals surface area contributed by atoms with Crippen molar-refractivity contribution in [2.45, 2.75) is 19.9 Å². The molecule has 0 bridgehead atoms. The van der Waals surface area contributed by atoms with Gasteiger partial charge in [-0.05, 0) is 37.1 Å². The lowest BCUT2D eigenvalue weighted by Crippen LogP contribution is -2.28. The Bertz CT molecular complexity index is 646. The number of aromatic nitrogens is 1. The molecule has 1 aromatic carbocycles. The van der Waals surface area contributed by atoms with E-state index < -0.39 is 5.97 Å². The molecule has 0 aliphatic rings. The van der Waals surface area contributed by atoms with Gasteiger partial charge in [-0.3, -0.25) is 4.79 Å². The molecule has 0 saturated heterocycles. The van der Waals surface area contributed by atoms with E-state index in [1.807, 2.05) is 23.8 Å². The Morgan fingerprint density at radius 3 is 2.67 bits per heavy atom. The maximum Gasteiger partial charge on any atom is 0.335 e. The zero-order chi connectivity index (χ0) is 15.2. The quantitative estimate of drug-likeness (QED) is 0.855. The number of nitrogens with one attached hydrogen (secondary N) is 1. The average Bonchev–Trinajstić information content (AvgIpc) is 2.96. The fraction of sp³-hybridized carbons (Fsp3) is 0.250. The van der Waals surface area contributed by atoms with Gasteiger partial charge in [0, 0.05) is 19.3 Å². The largest absolute Gasteiger partial charge is 0.478 e. The van der Waals surface area contributed by atoms with E-state index in [-0.39, 0.29) is 11.5 Å². The first-order valence-corrected chi connectivity index (χ1v) is 6.88. The molecule has 1 aromatic heterocycles. The second-order valence-electron chi connectivity index (χ2n) is 4.65. The van der Waals surface area contributed by atoms with Gasteiger partial charge in [-0.1, -0.05) is 18.2 Å². The molecule has 0 fully saturated rings. The highest BCUT2D eigenvalue weighted by Crippen LogP contribution is 2.09. The Kier molecular flexibility index (Phi) is 4.77. The smallest absolute Gasteiger partial charge is 0.335 e. The Morgan fingerprint density at radius 2 is 1.95 bits per heavy atom. The van der Waals surface area contributed by atoms with E-state index in [2.05, 4.69) is 5.32 Å². The summed E-state index contributed by atoms with van der Waals surface area (Å²) < 4.78 is 1.86. The molecule has 21 heavy (non-hydrogen) atoms. The fourth-order valence-corrected chi connectivity index (χ4v) is 2.24. The molecule has 0 unspecified atom stereocenters. The lowest BCUT2D eigenvalue weighted by Gasteiger charge is -2.09. The maximum atomic E-state index is 12.0. The molecule has 0 spiro atoms. The summed E-state index contributed by atoms with van der Waals surface area (Å²) in [6, 6.07) is 10.4. The van der Waals surface area contributed by atoms with E-state index in [0.717, 1.165) is 12.1 Å². The predicted octanol–water partition coefficient (Wildman–Crippen LogP) is 2.18. The Labute approximate surface area is 123 Å². The van der Waals surface area contributed by atoms with Gasteiger partial charge in [-0.2, -0.15) is 0 Å². The van der Waals surface area contributed by atoms with Crippen LogP contribution in [0.25, 0.3) is 0 Å². The number of benzene rings is 1. The summed E-state index contributed by atoms with van der Waals surface area (Å²) in [6.45, 7) is 3.11. The van der Waals surface area contributed by atoms with Gasteiger partial charge in [-0.15, -0.1) is 0 Å². The second-order valence-corrected chi connectivity index (χ2v) is 4.65. The van der Waals surface area contributed by atoms with Crippen LogP contribution in [0.3, 0.4) is 0 Å². The predicted molar refractivity (Wildman–Crippen MR) is 79.5 cm³/mol. The van der Waals surface area contributed by atoms with Gasteiger partial charge in [0.2, 0.25) is 0 Å². The highest BCUT2D eigenvalue weighted by Gasteiger charge is 2.11. The Balaban J connectivity index is 1.96. The summed E-state index contributed by atoms with van der Waals surface area (Å²) in [5.41, 5.74) is 1.61. The lowest BCUT2D eigenvalue weighted by atomic mass is 10.0. The molecule has 0 saturated carbocycles. The van der Waals surface area contributed by atoms with Gasteiger partial charge in [0.05, 0.1) is 5.56 Å². The van der Waals surface area contributed by atoms with Crippen LogP contribution in [0.15, 0.2) is 42.6 Å². The van der Waals surface area contributed by atoms with Gasteiger partial charge < -0.3 is 15.0 Å². The first kappa shape index (κ1) is 14.8. The molecule has 2 N–H and O–H groups in total. The van der Waals surface area contributed by atoms with Crippen LogP contribution in [0.4, 0.5) is 0 Å². The molecule has 1 amide bonds. The average molecular weight is 286 g/mol. The van der Waals surface area contributed by atoms with E-state index in [0.29, 0.717) is 18.7 Å². The molecule has 0 radical (unpaired) electrons. The molecule has 5 heteroatoms. The minimum atomic E-state index is -0.947. The molecule has 2 aromatic rings. The van der Waals surface area contributed by atoms with Gasteiger partial charge in [-0.25, -0.2) is 4.79 Å². The van der Waals surface area contributed by atoms with Gasteiger partial charge >= 0.3 is 5.97 Å². The molecule has 1 heterocycles. The number of amides is 1. The third-order valence-corrected chi connectivity index (χ3v) is 3.33. The molecule has 0 aliphatic heterocycles. The number of carbonyl (C=O) groups is 2. The zero-order valence-electron chi connectivity index (χ0n) is 11.9. The Hall–Kier alpha value is -2.56. The third kappa shape index (κ3) is 3.51. The molecular weight excluding hydrogens is 268 g/mol. The second kappa shape index (κ2) is 6.74. The minimum absolute atomic E-state index is 0.144. The topological polar surface area (TPSA) is 71.3 Å². The number of nitrogens with zero attached hydrogens (tertiary/aromatic N) is 1. The minimum Gasteiger partial charge on any atom is -0.478 e. The third-order valence-electron chi connectivity index (χ3n) is 3.33. The molecule has 0 atom stereocenters. The standard InChI is InChI=1S/C16H18N2O3/c1-2-18-11-5-8-14(18)15(19)17-10-9-12-6-3-4-7-13(12)16(20)21/h3-8,11H,2,9-10H2,1H3,(H,17,19)(H,20,21). The van der Waals surface area contributed by atoms with E-state index >= 15 is 0 Å². The van der Waals surface area contributed by atoms with Crippen LogP contribution in [0.1, 0.15) is 33.3 Å². The molecular formula is C16H18N2O3. The van der Waals surface area contributed by atoms with Gasteiger partial charge in [0.15, 0.2) is 0 Å². The normalized spacial score (nSPS) is 10.3. The zero-order valence-corrected chi connectivity index (χ0v) is 11.9. The maximum absolute atomic E-state index is 12.0. The number of aryl methyl sites for hydroxylation is 1. The van der Waals surface area contributed by atoms with Gasteiger partial charge in [0.25, 0.3) is 5.91 Å². The number of carboxylic acids is 1. The van der Waals surface area contributed by atoms with Crippen molar-refractivity contribution in [2.24, 2.45) is 0 Å². The van der Waals surface area contributed by atoms with E-state index in [1.165, 1.54) is 0 Å². The SMILES string of the molecule is CCn1cccc1C(=O)NCCc1ccccc1C(=O)O. The van der Waals surface area contributed by atoms with Crippen molar-refractivity contribution in [1.82, 2.24) is 9.88 Å². The van der Waals surface area contributed by atoms with Crippen molar-refractivity contribution >= 4 is 11.9 Å². The summed E-state index contributed by atoms with van der Waals surface area (Å²) in [6.07, 6.45) is 2.34. The monoisotopic (exact) mass is 286 g/mol. The number of hydrogen-bond acceptors (Lipinski definition) is 2. The van der Waals surface area contributed by atoms with E-state index in [4.69, 9.17) is 5.11 Å². The molecule has 5 nitrogen and oxygen atoms in total. The lowest BCUT2D eigenvalue weighted by molar-refractivity contribution is 0.0695. The summed E-state index contributed by atoms with van der Waals surface area (Å²) >= 11 is 0. The number of hydrogen-bond donors (Lipinski definition) is 2. The molecule has 110 valence electrons. The van der Waals surface area contributed by atoms with Crippen LogP contribution in [0.2, 0.25) is 0 Å². The van der Waals surface area contributed by atoms with Crippen molar-refractivity contribution in [3.8, 4) is 0 Å². The summed E-state index contributed by atoms with van der Waals surface area (Å²) in [5.74, 6) is -1.09. The van der Waals surface area contributed by atoms with E-state index in [9.17, 15) is 9.59 Å². The van der Waals surface area contributed by atoms with Crippen molar-refractivity contribution < 1.29 is 14.7 Å². The number of carbonyl (C=O) groups excluding carboxylic acids is 1. The highest BCUT2D eigenvalue weighted by molar-refractivity contribution is 5.92. The van der Waals surface area contributed by atoms with Crippen LogP contribution in [-0.2, 0) is 13.0 Å². The molecule has 2 rings (SSSR count). The van der Waals surface area contributed by atoms with Crippen LogP contribution in [0.5, 0.6) is 0 Å². The first-order valence-electron chi connectivity index (χ1n) is 6.88. The fourth-order valence-electron chi connectivity index (χ4n) is 2.24. The summed E-state index contributed by atoms with van der Waals surface area (Å²) in [4.78, 5) is 23.1. The van der Waals surface area contributed by atoms with Crippen LogP contribution >= 0.6 is 0 Å². The summed E-state index contributed by atoms with van der Waals surface area (Å²) in [7, 11) is 0. The van der Waals surface area contributed by atoms with Crippen molar-refractivity contribution in [2.75, 3.05) is 6.54 Å². The first-order chi connectivity index (χ1) is 10.1. The van der Waals surface area contributed by atoms with Crippen LogP contribution < -0.4 is 5.32 Å². The van der Waals surface area contributed by atoms with Crippen LogP contribution in [0, 0.1) is 0 Å². The highest BCUT2D eigenvalue weighted by atomic mass is 16.4. The van der Waals surface area contributed by atoms with Crippen molar-refractivity contribution in [1.29, 1.82) is 0 Å². The van der Waals surface area contributed by atoms with Crippen molar-refractivity contribution in [3.63, 3.8) is 0 Å². The van der Waals surface area contributed by atoms with E-state index in [1.54, 1.807) is 30.3 Å². The number of carboxylic acid groups (broad SMARTS) is 1. The van der Waals surface area contributed by atoms with Crippen molar-refractivity contribution in [3.05, 3.63) is 59.4 Å². The number of aromatic carboxylic acids is 1.